The molecule has 1 aliphatic heterocycles. The predicted octanol–water partition coefficient (Wildman–Crippen LogP) is 3.44. The van der Waals surface area contributed by atoms with E-state index in [4.69, 9.17) is 11.6 Å². The van der Waals surface area contributed by atoms with E-state index in [0.29, 0.717) is 6.04 Å². The molecule has 1 amide bonds. The summed E-state index contributed by atoms with van der Waals surface area (Å²) in [7, 11) is 0. The van der Waals surface area contributed by atoms with Gasteiger partial charge in [-0.1, -0.05) is 36.6 Å². The summed E-state index contributed by atoms with van der Waals surface area (Å²) in [5.41, 5.74) is 0.768. The topological polar surface area (TPSA) is 41.1 Å². The fourth-order valence-corrected chi connectivity index (χ4v) is 3.84. The van der Waals surface area contributed by atoms with Crippen LogP contribution in [0.15, 0.2) is 24.3 Å². The molecule has 5 heteroatoms. The average molecular weight is 343 g/mol. The van der Waals surface area contributed by atoms with Gasteiger partial charge in [0, 0.05) is 17.6 Å². The summed E-state index contributed by atoms with van der Waals surface area (Å²) in [6, 6.07) is 8.26. The molecule has 0 bridgehead atoms. The van der Waals surface area contributed by atoms with Gasteiger partial charge in [-0.25, -0.2) is 0 Å². The minimum Gasteiger partial charge on any atom is -0.354 e. The Labute approximate surface area is 143 Å². The van der Waals surface area contributed by atoms with Crippen molar-refractivity contribution in [2.45, 2.75) is 50.0 Å². The number of hydrogen-bond acceptors (Lipinski definition) is 2. The van der Waals surface area contributed by atoms with Crippen LogP contribution in [0.3, 0.4) is 0 Å². The van der Waals surface area contributed by atoms with Crippen LogP contribution in [0.5, 0.6) is 0 Å². The quantitative estimate of drug-likeness (QED) is 0.879. The lowest BCUT2D eigenvalue weighted by Crippen LogP contribution is -2.46. The number of carbonyl (C=O) groups excluding carboxylic acids is 1. The van der Waals surface area contributed by atoms with Crippen molar-refractivity contribution >= 4 is 29.9 Å². The summed E-state index contributed by atoms with van der Waals surface area (Å²) in [6.07, 6.45) is 6.50. The Kier molecular flexibility index (Phi) is 6.13. The van der Waals surface area contributed by atoms with Crippen molar-refractivity contribution in [3.05, 3.63) is 34.9 Å². The summed E-state index contributed by atoms with van der Waals surface area (Å²) in [4.78, 5) is 12.8. The van der Waals surface area contributed by atoms with Crippen LogP contribution in [0.1, 0.15) is 44.1 Å². The fraction of sp³-hybridized carbons (Fsp3) is 0.588. The lowest BCUT2D eigenvalue weighted by Gasteiger charge is -2.29. The molecule has 3 nitrogen and oxygen atoms in total. The lowest BCUT2D eigenvalue weighted by atomic mass is 9.78. The van der Waals surface area contributed by atoms with E-state index >= 15 is 0 Å². The van der Waals surface area contributed by atoms with Gasteiger partial charge in [-0.15, -0.1) is 12.4 Å². The minimum absolute atomic E-state index is 0. The molecule has 0 spiro atoms. The highest BCUT2D eigenvalue weighted by Gasteiger charge is 2.42. The number of nitrogens with one attached hydrogen (secondary N) is 2. The predicted molar refractivity (Wildman–Crippen MR) is 92.9 cm³/mol. The van der Waals surface area contributed by atoms with Crippen molar-refractivity contribution in [3.63, 3.8) is 0 Å². The van der Waals surface area contributed by atoms with Crippen LogP contribution in [0.25, 0.3) is 0 Å². The Morgan fingerprint density at radius 3 is 2.50 bits per heavy atom. The molecule has 1 aliphatic carbocycles. The van der Waals surface area contributed by atoms with E-state index < -0.39 is 0 Å². The second-order valence-electron chi connectivity index (χ2n) is 6.30. The van der Waals surface area contributed by atoms with E-state index in [1.165, 1.54) is 6.42 Å². The third kappa shape index (κ3) is 3.58. The van der Waals surface area contributed by atoms with Crippen molar-refractivity contribution in [1.82, 2.24) is 10.6 Å². The molecule has 1 unspecified atom stereocenters. The first-order valence-electron chi connectivity index (χ1n) is 7.98. The van der Waals surface area contributed by atoms with E-state index in [2.05, 4.69) is 10.6 Å². The number of amides is 1. The number of carbonyl (C=O) groups is 1. The molecule has 122 valence electrons. The van der Waals surface area contributed by atoms with Crippen LogP contribution in [-0.4, -0.2) is 25.0 Å². The molecular formula is C17H24Cl2N2O. The second kappa shape index (κ2) is 7.67. The molecule has 2 fully saturated rings. The van der Waals surface area contributed by atoms with Gasteiger partial charge in [-0.3, -0.25) is 4.79 Å². The monoisotopic (exact) mass is 342 g/mol. The molecule has 2 aliphatic rings. The Morgan fingerprint density at radius 1 is 1.23 bits per heavy atom. The molecule has 1 saturated heterocycles. The van der Waals surface area contributed by atoms with Crippen molar-refractivity contribution < 1.29 is 4.79 Å². The third-order valence-electron chi connectivity index (χ3n) is 4.96. The van der Waals surface area contributed by atoms with E-state index in [0.717, 1.165) is 55.8 Å². The first-order chi connectivity index (χ1) is 10.2. The van der Waals surface area contributed by atoms with Crippen molar-refractivity contribution in [1.29, 1.82) is 0 Å². The highest BCUT2D eigenvalue weighted by atomic mass is 35.5. The maximum Gasteiger partial charge on any atom is 0.230 e. The maximum absolute atomic E-state index is 12.8. The zero-order valence-electron chi connectivity index (χ0n) is 12.7. The van der Waals surface area contributed by atoms with Gasteiger partial charge < -0.3 is 10.6 Å². The normalized spacial score (nSPS) is 23.0. The van der Waals surface area contributed by atoms with Crippen LogP contribution in [0, 0.1) is 0 Å². The van der Waals surface area contributed by atoms with Gasteiger partial charge in [0.15, 0.2) is 0 Å². The van der Waals surface area contributed by atoms with Crippen molar-refractivity contribution in [3.8, 4) is 0 Å². The Balaban J connectivity index is 0.00000176. The van der Waals surface area contributed by atoms with Gasteiger partial charge in [-0.05, 0) is 49.9 Å². The van der Waals surface area contributed by atoms with Gasteiger partial charge in [0.1, 0.15) is 0 Å². The molecule has 2 N–H and O–H groups in total. The highest BCUT2D eigenvalue weighted by molar-refractivity contribution is 6.30. The summed E-state index contributed by atoms with van der Waals surface area (Å²) < 4.78 is 0. The van der Waals surface area contributed by atoms with Crippen LogP contribution in [-0.2, 0) is 10.2 Å². The second-order valence-corrected chi connectivity index (χ2v) is 6.74. The van der Waals surface area contributed by atoms with Crippen LogP contribution in [0.2, 0.25) is 5.02 Å². The molecule has 1 saturated carbocycles. The van der Waals surface area contributed by atoms with E-state index in [1.54, 1.807) is 0 Å². The third-order valence-corrected chi connectivity index (χ3v) is 5.21. The van der Waals surface area contributed by atoms with E-state index in [9.17, 15) is 4.79 Å². The van der Waals surface area contributed by atoms with Crippen LogP contribution in [0.4, 0.5) is 0 Å². The fourth-order valence-electron chi connectivity index (χ4n) is 3.71. The van der Waals surface area contributed by atoms with Crippen LogP contribution >= 0.6 is 24.0 Å². The van der Waals surface area contributed by atoms with Crippen molar-refractivity contribution in [2.24, 2.45) is 0 Å². The van der Waals surface area contributed by atoms with Gasteiger partial charge in [0.25, 0.3) is 0 Å². The van der Waals surface area contributed by atoms with Gasteiger partial charge in [-0.2, -0.15) is 0 Å². The Bertz CT molecular complexity index is 492. The first-order valence-corrected chi connectivity index (χ1v) is 8.36. The molecule has 0 radical (unpaired) electrons. The zero-order valence-corrected chi connectivity index (χ0v) is 14.3. The Hall–Kier alpha value is -0.770. The molecule has 3 rings (SSSR count). The SMILES string of the molecule is Cl.O=C(NCC1CCCN1)C1(c2ccc(Cl)cc2)CCCC1. The van der Waals surface area contributed by atoms with Gasteiger partial charge >= 0.3 is 0 Å². The molecule has 1 heterocycles. The molecule has 1 aromatic carbocycles. The molecule has 1 aromatic rings. The Morgan fingerprint density at radius 2 is 1.91 bits per heavy atom. The molecular weight excluding hydrogens is 319 g/mol. The number of benzene rings is 1. The minimum atomic E-state index is -0.344. The number of rotatable bonds is 4. The van der Waals surface area contributed by atoms with Gasteiger partial charge in [0.05, 0.1) is 5.41 Å². The molecule has 1 atom stereocenters. The summed E-state index contributed by atoms with van der Waals surface area (Å²) in [5, 5.41) is 7.34. The molecule has 22 heavy (non-hydrogen) atoms. The smallest absolute Gasteiger partial charge is 0.230 e. The standard InChI is InChI=1S/C17H23ClN2O.ClH/c18-14-7-5-13(6-8-14)17(9-1-2-10-17)16(21)20-12-15-4-3-11-19-15;/h5-8,15,19H,1-4,9-12H2,(H,20,21);1H. The maximum atomic E-state index is 12.8. The van der Waals surface area contributed by atoms with E-state index in [-0.39, 0.29) is 23.7 Å². The van der Waals surface area contributed by atoms with E-state index in [1.807, 2.05) is 24.3 Å². The van der Waals surface area contributed by atoms with Gasteiger partial charge in [0.2, 0.25) is 5.91 Å². The first kappa shape index (κ1) is 17.6. The number of halogens is 2. The lowest BCUT2D eigenvalue weighted by molar-refractivity contribution is -0.126. The average Bonchev–Trinajstić information content (AvgIpc) is 3.17. The summed E-state index contributed by atoms with van der Waals surface area (Å²) in [6.45, 7) is 1.82. The molecule has 0 aromatic heterocycles. The zero-order chi connectivity index (χ0) is 14.7. The largest absolute Gasteiger partial charge is 0.354 e. The summed E-state index contributed by atoms with van der Waals surface area (Å²) >= 11 is 5.98. The van der Waals surface area contributed by atoms with Crippen molar-refractivity contribution in [2.75, 3.05) is 13.1 Å². The highest BCUT2D eigenvalue weighted by Crippen LogP contribution is 2.41. The van der Waals surface area contributed by atoms with Crippen LogP contribution < -0.4 is 10.6 Å². The number of hydrogen-bond donors (Lipinski definition) is 2. The summed E-state index contributed by atoms with van der Waals surface area (Å²) in [5.74, 6) is 0.191.